The third kappa shape index (κ3) is 4.08. The molecule has 112 valence electrons. The number of methoxy groups -OCH3 is 1. The van der Waals surface area contributed by atoms with Gasteiger partial charge in [-0.1, -0.05) is 36.8 Å². The average Bonchev–Trinajstić information content (AvgIpc) is 2.52. The van der Waals surface area contributed by atoms with E-state index in [0.29, 0.717) is 18.1 Å². The molecule has 5 heteroatoms. The van der Waals surface area contributed by atoms with Crippen LogP contribution in [0.1, 0.15) is 24.5 Å². The molecule has 0 bridgehead atoms. The maximum absolute atomic E-state index is 5.43. The minimum absolute atomic E-state index is 0.651. The summed E-state index contributed by atoms with van der Waals surface area (Å²) in [5.41, 5.74) is 2.45. The van der Waals surface area contributed by atoms with E-state index >= 15 is 0 Å². The highest BCUT2D eigenvalue weighted by Crippen LogP contribution is 2.29. The summed E-state index contributed by atoms with van der Waals surface area (Å²) in [6.45, 7) is 5.74. The summed E-state index contributed by atoms with van der Waals surface area (Å²) in [7, 11) is 1.63. The summed E-state index contributed by atoms with van der Waals surface area (Å²) >= 11 is 0. The standard InChI is InChI=1S/C16H22N4O/c1-4-9-17-15-14(21-3)16(20-11-19-15)18-10-13-7-5-12(2)6-8-13/h5-8,11H,4,9-10H2,1-3H3,(H2,17,18,19,20). The van der Waals surface area contributed by atoms with Crippen molar-refractivity contribution in [3.63, 3.8) is 0 Å². The molecule has 0 aliphatic heterocycles. The molecule has 0 saturated carbocycles. The normalized spacial score (nSPS) is 10.2. The molecular formula is C16H22N4O. The van der Waals surface area contributed by atoms with E-state index in [1.165, 1.54) is 17.5 Å². The van der Waals surface area contributed by atoms with E-state index in [-0.39, 0.29) is 0 Å². The smallest absolute Gasteiger partial charge is 0.204 e. The predicted octanol–water partition coefficient (Wildman–Crippen LogP) is 3.23. The van der Waals surface area contributed by atoms with Gasteiger partial charge in [-0.25, -0.2) is 9.97 Å². The van der Waals surface area contributed by atoms with Crippen molar-refractivity contribution in [1.29, 1.82) is 0 Å². The minimum Gasteiger partial charge on any atom is -0.490 e. The lowest BCUT2D eigenvalue weighted by atomic mass is 10.1. The lowest BCUT2D eigenvalue weighted by Crippen LogP contribution is -2.09. The van der Waals surface area contributed by atoms with Crippen molar-refractivity contribution in [3.8, 4) is 5.75 Å². The number of nitrogens with zero attached hydrogens (tertiary/aromatic N) is 2. The molecule has 1 heterocycles. The molecule has 0 spiro atoms. The van der Waals surface area contributed by atoms with E-state index < -0.39 is 0 Å². The van der Waals surface area contributed by atoms with Crippen LogP contribution in [-0.2, 0) is 6.54 Å². The highest BCUT2D eigenvalue weighted by molar-refractivity contribution is 5.63. The van der Waals surface area contributed by atoms with E-state index in [9.17, 15) is 0 Å². The molecule has 0 radical (unpaired) electrons. The van der Waals surface area contributed by atoms with Crippen molar-refractivity contribution in [3.05, 3.63) is 41.7 Å². The Labute approximate surface area is 125 Å². The van der Waals surface area contributed by atoms with Crippen LogP contribution in [0.25, 0.3) is 0 Å². The molecule has 0 aliphatic carbocycles. The molecule has 0 amide bonds. The predicted molar refractivity (Wildman–Crippen MR) is 85.9 cm³/mol. The van der Waals surface area contributed by atoms with Crippen molar-refractivity contribution >= 4 is 11.6 Å². The monoisotopic (exact) mass is 286 g/mol. The number of hydrogen-bond acceptors (Lipinski definition) is 5. The lowest BCUT2D eigenvalue weighted by molar-refractivity contribution is 0.414. The van der Waals surface area contributed by atoms with Crippen molar-refractivity contribution in [2.75, 3.05) is 24.3 Å². The van der Waals surface area contributed by atoms with Crippen molar-refractivity contribution in [2.24, 2.45) is 0 Å². The molecule has 2 N–H and O–H groups in total. The molecule has 2 rings (SSSR count). The van der Waals surface area contributed by atoms with E-state index in [2.05, 4.69) is 58.7 Å². The summed E-state index contributed by atoms with van der Waals surface area (Å²) in [4.78, 5) is 8.49. The highest BCUT2D eigenvalue weighted by Gasteiger charge is 2.11. The van der Waals surface area contributed by atoms with Gasteiger partial charge in [0, 0.05) is 13.1 Å². The fraction of sp³-hybridized carbons (Fsp3) is 0.375. The van der Waals surface area contributed by atoms with Crippen LogP contribution in [-0.4, -0.2) is 23.6 Å². The second kappa shape index (κ2) is 7.47. The molecule has 0 unspecified atom stereocenters. The molecular weight excluding hydrogens is 264 g/mol. The Bertz CT molecular complexity index is 569. The Morgan fingerprint density at radius 1 is 1.05 bits per heavy atom. The van der Waals surface area contributed by atoms with Gasteiger partial charge in [0.15, 0.2) is 11.6 Å². The summed E-state index contributed by atoms with van der Waals surface area (Å²) in [5.74, 6) is 2.07. The molecule has 0 aliphatic rings. The number of ether oxygens (including phenoxy) is 1. The molecule has 0 saturated heterocycles. The van der Waals surface area contributed by atoms with Gasteiger partial charge in [-0.15, -0.1) is 0 Å². The molecule has 1 aromatic carbocycles. The first-order chi connectivity index (χ1) is 10.2. The zero-order chi connectivity index (χ0) is 15.1. The number of anilines is 2. The van der Waals surface area contributed by atoms with Crippen LogP contribution in [0.15, 0.2) is 30.6 Å². The van der Waals surface area contributed by atoms with Crippen LogP contribution in [0.2, 0.25) is 0 Å². The van der Waals surface area contributed by atoms with Gasteiger partial charge in [0.05, 0.1) is 7.11 Å². The second-order valence-electron chi connectivity index (χ2n) is 4.87. The molecule has 2 aromatic rings. The first kappa shape index (κ1) is 15.1. The van der Waals surface area contributed by atoms with Crippen molar-refractivity contribution in [1.82, 2.24) is 9.97 Å². The van der Waals surface area contributed by atoms with Gasteiger partial charge in [-0.3, -0.25) is 0 Å². The zero-order valence-corrected chi connectivity index (χ0v) is 12.8. The highest BCUT2D eigenvalue weighted by atomic mass is 16.5. The number of aryl methyl sites for hydroxylation is 1. The van der Waals surface area contributed by atoms with Gasteiger partial charge in [0.1, 0.15) is 6.33 Å². The summed E-state index contributed by atoms with van der Waals surface area (Å²) in [5, 5.41) is 6.54. The SMILES string of the molecule is CCCNc1ncnc(NCc2ccc(C)cc2)c1OC. The number of benzene rings is 1. The van der Waals surface area contributed by atoms with Crippen molar-refractivity contribution in [2.45, 2.75) is 26.8 Å². The molecule has 0 atom stereocenters. The largest absolute Gasteiger partial charge is 0.490 e. The Hall–Kier alpha value is -2.30. The van der Waals surface area contributed by atoms with Crippen LogP contribution >= 0.6 is 0 Å². The molecule has 1 aromatic heterocycles. The number of hydrogen-bond donors (Lipinski definition) is 2. The Kier molecular flexibility index (Phi) is 5.37. The fourth-order valence-corrected chi connectivity index (χ4v) is 1.95. The Balaban J connectivity index is 2.10. The van der Waals surface area contributed by atoms with Gasteiger partial charge in [-0.2, -0.15) is 0 Å². The number of nitrogens with one attached hydrogen (secondary N) is 2. The van der Waals surface area contributed by atoms with Crippen LogP contribution in [0.3, 0.4) is 0 Å². The zero-order valence-electron chi connectivity index (χ0n) is 12.8. The third-order valence-electron chi connectivity index (χ3n) is 3.13. The molecule has 21 heavy (non-hydrogen) atoms. The lowest BCUT2D eigenvalue weighted by Gasteiger charge is -2.14. The topological polar surface area (TPSA) is 59.1 Å². The first-order valence-electron chi connectivity index (χ1n) is 7.17. The summed E-state index contributed by atoms with van der Waals surface area (Å²) in [6.07, 6.45) is 2.57. The quantitative estimate of drug-likeness (QED) is 0.818. The van der Waals surface area contributed by atoms with Gasteiger partial charge < -0.3 is 15.4 Å². The van der Waals surface area contributed by atoms with Gasteiger partial charge in [-0.05, 0) is 18.9 Å². The van der Waals surface area contributed by atoms with Crippen LogP contribution in [0.4, 0.5) is 11.6 Å². The Morgan fingerprint density at radius 3 is 2.33 bits per heavy atom. The van der Waals surface area contributed by atoms with Crippen LogP contribution < -0.4 is 15.4 Å². The van der Waals surface area contributed by atoms with Gasteiger partial charge >= 0.3 is 0 Å². The maximum atomic E-state index is 5.43. The van der Waals surface area contributed by atoms with Gasteiger partial charge in [0.2, 0.25) is 5.75 Å². The van der Waals surface area contributed by atoms with Crippen molar-refractivity contribution < 1.29 is 4.74 Å². The molecule has 5 nitrogen and oxygen atoms in total. The minimum atomic E-state index is 0.651. The van der Waals surface area contributed by atoms with E-state index in [0.717, 1.165) is 18.8 Å². The third-order valence-corrected chi connectivity index (χ3v) is 3.13. The van der Waals surface area contributed by atoms with E-state index in [1.807, 2.05) is 0 Å². The second-order valence-corrected chi connectivity index (χ2v) is 4.87. The number of rotatable bonds is 7. The van der Waals surface area contributed by atoms with Crippen LogP contribution in [0.5, 0.6) is 5.75 Å². The first-order valence-corrected chi connectivity index (χ1v) is 7.17. The van der Waals surface area contributed by atoms with E-state index in [4.69, 9.17) is 4.74 Å². The fourth-order valence-electron chi connectivity index (χ4n) is 1.95. The average molecular weight is 286 g/mol. The number of aromatic nitrogens is 2. The van der Waals surface area contributed by atoms with E-state index in [1.54, 1.807) is 7.11 Å². The summed E-state index contributed by atoms with van der Waals surface area (Å²) in [6, 6.07) is 8.41. The maximum Gasteiger partial charge on any atom is 0.204 e. The summed E-state index contributed by atoms with van der Waals surface area (Å²) < 4.78 is 5.43. The Morgan fingerprint density at radius 2 is 1.71 bits per heavy atom. The van der Waals surface area contributed by atoms with Crippen LogP contribution in [0, 0.1) is 6.92 Å². The molecule has 0 fully saturated rings. The van der Waals surface area contributed by atoms with Gasteiger partial charge in [0.25, 0.3) is 0 Å².